The summed E-state index contributed by atoms with van der Waals surface area (Å²) in [5.74, 6) is 0.965. The maximum absolute atomic E-state index is 6.07. The maximum atomic E-state index is 6.07. The van der Waals surface area contributed by atoms with E-state index in [2.05, 4.69) is 47.8 Å². The summed E-state index contributed by atoms with van der Waals surface area (Å²) in [6.07, 6.45) is 8.26. The van der Waals surface area contributed by atoms with Crippen molar-refractivity contribution >= 4 is 17.6 Å². The van der Waals surface area contributed by atoms with E-state index in [1.165, 1.54) is 37.9 Å². The first-order chi connectivity index (χ1) is 11.9. The molecule has 1 N–H and O–H groups in total. The Bertz CT molecular complexity index is 510. The smallest absolute Gasteiger partial charge is 0.194 e. The number of rotatable bonds is 11. The molecular weight excluding hydrogens is 334 g/mol. The lowest BCUT2D eigenvalue weighted by molar-refractivity contribution is 0.390. The summed E-state index contributed by atoms with van der Waals surface area (Å²) in [5, 5.41) is 4.16. The number of aromatic nitrogens is 1. The minimum atomic E-state index is 0.780. The van der Waals surface area contributed by atoms with Crippen LogP contribution in [0.15, 0.2) is 17.3 Å². The first kappa shape index (κ1) is 21.8. The number of nitrogens with one attached hydrogen (secondary N) is 1. The molecule has 0 aliphatic heterocycles. The van der Waals surface area contributed by atoms with E-state index in [1.807, 2.05) is 19.3 Å². The molecule has 0 bridgehead atoms. The molecule has 25 heavy (non-hydrogen) atoms. The summed E-state index contributed by atoms with van der Waals surface area (Å²) in [7, 11) is 8.37. The minimum absolute atomic E-state index is 0.780. The summed E-state index contributed by atoms with van der Waals surface area (Å²) in [6.45, 7) is 5.85. The average molecular weight is 370 g/mol. The predicted molar refractivity (Wildman–Crippen MR) is 110 cm³/mol. The summed E-state index contributed by atoms with van der Waals surface area (Å²) < 4.78 is 2.07. The molecule has 1 aromatic heterocycles. The van der Waals surface area contributed by atoms with E-state index >= 15 is 0 Å². The topological polar surface area (TPSA) is 35.8 Å². The predicted octanol–water partition coefficient (Wildman–Crippen LogP) is 3.59. The van der Waals surface area contributed by atoms with Gasteiger partial charge in [0, 0.05) is 39.1 Å². The molecule has 0 spiro atoms. The Kier molecular flexibility index (Phi) is 10.7. The van der Waals surface area contributed by atoms with E-state index < -0.39 is 0 Å². The van der Waals surface area contributed by atoms with Crippen molar-refractivity contribution in [1.82, 2.24) is 19.7 Å². The van der Waals surface area contributed by atoms with Crippen LogP contribution in [0, 0.1) is 0 Å². The molecule has 0 radical (unpaired) electrons. The third-order valence-corrected chi connectivity index (χ3v) is 4.40. The number of guanidine groups is 1. The monoisotopic (exact) mass is 369 g/mol. The van der Waals surface area contributed by atoms with Crippen LogP contribution < -0.4 is 5.32 Å². The van der Waals surface area contributed by atoms with E-state index in [9.17, 15) is 0 Å². The van der Waals surface area contributed by atoms with Crippen molar-refractivity contribution < 1.29 is 0 Å². The molecule has 0 atom stereocenters. The van der Waals surface area contributed by atoms with Crippen LogP contribution in [0.25, 0.3) is 0 Å². The number of hydrogen-bond donors (Lipinski definition) is 1. The summed E-state index contributed by atoms with van der Waals surface area (Å²) in [6, 6.07) is 2.01. The maximum Gasteiger partial charge on any atom is 0.194 e. The van der Waals surface area contributed by atoms with Crippen molar-refractivity contribution in [2.24, 2.45) is 12.0 Å². The van der Waals surface area contributed by atoms with Crippen LogP contribution in [-0.4, -0.2) is 61.1 Å². The molecule has 0 aromatic carbocycles. The van der Waals surface area contributed by atoms with Gasteiger partial charge in [-0.1, -0.05) is 30.9 Å². The number of aliphatic imine (C=N–C) groups is 1. The second kappa shape index (κ2) is 12.2. The molecule has 0 saturated heterocycles. The van der Waals surface area contributed by atoms with Crippen LogP contribution in [0.1, 0.15) is 44.7 Å². The fourth-order valence-corrected chi connectivity index (χ4v) is 3.04. The molecule has 5 nitrogen and oxygen atoms in total. The number of unbranched alkanes of at least 4 members (excludes halogenated alkanes) is 4. The molecule has 1 aromatic rings. The SMILES string of the molecule is CCNC(=NCCCCCCCN(C)C)N(C)Cc1cc(Cl)cn1C. The quantitative estimate of drug-likeness (QED) is 0.368. The zero-order chi connectivity index (χ0) is 18.7. The summed E-state index contributed by atoms with van der Waals surface area (Å²) in [4.78, 5) is 9.18. The Balaban J connectivity index is 2.36. The van der Waals surface area contributed by atoms with Gasteiger partial charge in [-0.2, -0.15) is 0 Å². The third kappa shape index (κ3) is 9.17. The van der Waals surface area contributed by atoms with Gasteiger partial charge in [0.25, 0.3) is 0 Å². The van der Waals surface area contributed by atoms with Crippen LogP contribution in [0.5, 0.6) is 0 Å². The summed E-state index contributed by atoms with van der Waals surface area (Å²) >= 11 is 6.07. The molecule has 0 fully saturated rings. The van der Waals surface area contributed by atoms with Gasteiger partial charge >= 0.3 is 0 Å². The van der Waals surface area contributed by atoms with Gasteiger partial charge in [-0.25, -0.2) is 0 Å². The second-order valence-corrected chi connectivity index (χ2v) is 7.36. The third-order valence-electron chi connectivity index (χ3n) is 4.20. The second-order valence-electron chi connectivity index (χ2n) is 6.92. The highest BCUT2D eigenvalue weighted by atomic mass is 35.5. The van der Waals surface area contributed by atoms with Gasteiger partial charge in [0.2, 0.25) is 0 Å². The number of nitrogens with zero attached hydrogens (tertiary/aromatic N) is 4. The van der Waals surface area contributed by atoms with Crippen molar-refractivity contribution in [1.29, 1.82) is 0 Å². The van der Waals surface area contributed by atoms with E-state index in [0.717, 1.165) is 37.0 Å². The molecule has 6 heteroatoms. The highest BCUT2D eigenvalue weighted by molar-refractivity contribution is 6.30. The van der Waals surface area contributed by atoms with Gasteiger partial charge in [0.1, 0.15) is 0 Å². The number of hydrogen-bond acceptors (Lipinski definition) is 2. The van der Waals surface area contributed by atoms with Gasteiger partial charge in [-0.05, 0) is 46.5 Å². The van der Waals surface area contributed by atoms with Crippen LogP contribution in [0.3, 0.4) is 0 Å². The normalized spacial score (nSPS) is 12.0. The Morgan fingerprint density at radius 2 is 1.84 bits per heavy atom. The van der Waals surface area contributed by atoms with Crippen molar-refractivity contribution in [3.8, 4) is 0 Å². The van der Waals surface area contributed by atoms with Gasteiger partial charge in [0.15, 0.2) is 5.96 Å². The lowest BCUT2D eigenvalue weighted by Crippen LogP contribution is -2.38. The van der Waals surface area contributed by atoms with Crippen molar-refractivity contribution in [3.05, 3.63) is 23.0 Å². The van der Waals surface area contributed by atoms with Crippen molar-refractivity contribution in [2.75, 3.05) is 40.8 Å². The highest BCUT2D eigenvalue weighted by Gasteiger charge is 2.09. The molecule has 0 unspecified atom stereocenters. The summed E-state index contributed by atoms with van der Waals surface area (Å²) in [5.41, 5.74) is 1.18. The lowest BCUT2D eigenvalue weighted by atomic mass is 10.1. The van der Waals surface area contributed by atoms with Gasteiger partial charge in [0.05, 0.1) is 11.6 Å². The Labute approximate surface area is 159 Å². The average Bonchev–Trinajstić information content (AvgIpc) is 2.85. The minimum Gasteiger partial charge on any atom is -0.357 e. The Hall–Kier alpha value is -1.20. The van der Waals surface area contributed by atoms with Crippen LogP contribution in [0.4, 0.5) is 0 Å². The lowest BCUT2D eigenvalue weighted by Gasteiger charge is -2.22. The molecular formula is C19H36ClN5. The molecule has 1 heterocycles. The Morgan fingerprint density at radius 3 is 2.44 bits per heavy atom. The number of aryl methyl sites for hydroxylation is 1. The Morgan fingerprint density at radius 1 is 1.16 bits per heavy atom. The molecule has 0 amide bonds. The molecule has 0 aliphatic rings. The van der Waals surface area contributed by atoms with Crippen LogP contribution in [-0.2, 0) is 13.6 Å². The van der Waals surface area contributed by atoms with E-state index in [1.54, 1.807) is 0 Å². The zero-order valence-electron chi connectivity index (χ0n) is 16.7. The van der Waals surface area contributed by atoms with E-state index in [-0.39, 0.29) is 0 Å². The van der Waals surface area contributed by atoms with Crippen LogP contribution in [0.2, 0.25) is 5.02 Å². The van der Waals surface area contributed by atoms with Gasteiger partial charge in [-0.3, -0.25) is 4.99 Å². The molecule has 0 aliphatic carbocycles. The first-order valence-corrected chi connectivity index (χ1v) is 9.76. The largest absolute Gasteiger partial charge is 0.357 e. The van der Waals surface area contributed by atoms with Gasteiger partial charge in [-0.15, -0.1) is 0 Å². The number of halogens is 1. The molecule has 0 saturated carbocycles. The van der Waals surface area contributed by atoms with Crippen molar-refractivity contribution in [2.45, 2.75) is 45.6 Å². The van der Waals surface area contributed by atoms with E-state index in [0.29, 0.717) is 0 Å². The standard InChI is InChI=1S/C19H36ClN5/c1-6-21-19(22-12-10-8-7-9-11-13-23(2)3)25(5)16-18-14-17(20)15-24(18)4/h14-15H,6-13,16H2,1-5H3,(H,21,22). The zero-order valence-corrected chi connectivity index (χ0v) is 17.4. The van der Waals surface area contributed by atoms with Gasteiger partial charge < -0.3 is 19.7 Å². The fraction of sp³-hybridized carbons (Fsp3) is 0.737. The first-order valence-electron chi connectivity index (χ1n) is 9.39. The fourth-order valence-electron chi connectivity index (χ4n) is 2.77. The van der Waals surface area contributed by atoms with Crippen LogP contribution >= 0.6 is 11.6 Å². The highest BCUT2D eigenvalue weighted by Crippen LogP contribution is 2.14. The molecule has 144 valence electrons. The van der Waals surface area contributed by atoms with E-state index in [4.69, 9.17) is 16.6 Å². The van der Waals surface area contributed by atoms with Crippen molar-refractivity contribution in [3.63, 3.8) is 0 Å². The molecule has 1 rings (SSSR count).